The van der Waals surface area contributed by atoms with Crippen molar-refractivity contribution in [1.29, 1.82) is 0 Å². The van der Waals surface area contributed by atoms with Crippen LogP contribution in [0.25, 0.3) is 83.3 Å². The van der Waals surface area contributed by atoms with Crippen molar-refractivity contribution >= 4 is 32.7 Å². The normalized spacial score (nSPS) is 12.8. The summed E-state index contributed by atoms with van der Waals surface area (Å²) in [5.41, 5.74) is 16.7. The number of rotatable bonds is 6. The molecule has 1 aliphatic carbocycles. The third-order valence-electron chi connectivity index (χ3n) is 12.5. The molecule has 1 aliphatic rings. The van der Waals surface area contributed by atoms with Crippen LogP contribution >= 0.6 is 0 Å². The Kier molecular flexibility index (Phi) is 7.76. The number of benzene rings is 9. The van der Waals surface area contributed by atoms with E-state index in [1.54, 1.807) is 0 Å². The highest BCUT2D eigenvalue weighted by molar-refractivity contribution is 6.19. The Labute approximate surface area is 348 Å². The SMILES string of the molecule is c1ccc(-c2nc3ccccc3n2-c2ccc(-c3cccc(-c4nc5ccccc5c5c6c(ccc45)C(c4ccccc4)(c4ccccc4)c4ccccc4-6)c3)cc2)cc1. The van der Waals surface area contributed by atoms with Crippen molar-refractivity contribution < 1.29 is 0 Å². The van der Waals surface area contributed by atoms with E-state index in [1.165, 1.54) is 38.8 Å². The Morgan fingerprint density at radius 3 is 1.77 bits per heavy atom. The van der Waals surface area contributed by atoms with Gasteiger partial charge in [0, 0.05) is 33.0 Å². The van der Waals surface area contributed by atoms with E-state index in [2.05, 4.69) is 217 Å². The summed E-state index contributed by atoms with van der Waals surface area (Å²) in [7, 11) is 0. The number of hydrogen-bond donors (Lipinski definition) is 0. The fourth-order valence-corrected chi connectivity index (χ4v) is 9.91. The van der Waals surface area contributed by atoms with Gasteiger partial charge in [-0.2, -0.15) is 0 Å². The van der Waals surface area contributed by atoms with Crippen LogP contribution in [0.1, 0.15) is 22.3 Å². The monoisotopic (exact) mass is 763 g/mol. The van der Waals surface area contributed by atoms with E-state index >= 15 is 0 Å². The molecule has 0 bridgehead atoms. The molecular formula is C57H37N3. The molecule has 0 saturated carbocycles. The van der Waals surface area contributed by atoms with Gasteiger partial charge in [-0.1, -0.05) is 188 Å². The molecule has 3 heteroatoms. The van der Waals surface area contributed by atoms with Gasteiger partial charge in [0.15, 0.2) is 0 Å². The summed E-state index contributed by atoms with van der Waals surface area (Å²) in [5.74, 6) is 0.930. The predicted octanol–water partition coefficient (Wildman–Crippen LogP) is 14.1. The molecule has 0 atom stereocenters. The quantitative estimate of drug-likeness (QED) is 0.158. The lowest BCUT2D eigenvalue weighted by atomic mass is 9.67. The molecule has 0 radical (unpaired) electrons. The molecule has 0 aliphatic heterocycles. The lowest BCUT2D eigenvalue weighted by molar-refractivity contribution is 0.769. The van der Waals surface area contributed by atoms with Gasteiger partial charge < -0.3 is 0 Å². The average molecular weight is 764 g/mol. The van der Waals surface area contributed by atoms with Crippen molar-refractivity contribution in [2.45, 2.75) is 5.41 Å². The summed E-state index contributed by atoms with van der Waals surface area (Å²) in [6, 6.07) is 80.9. The Hall–Kier alpha value is -7.88. The van der Waals surface area contributed by atoms with Crippen molar-refractivity contribution in [3.05, 3.63) is 247 Å². The number of para-hydroxylation sites is 3. The van der Waals surface area contributed by atoms with Gasteiger partial charge in [0.2, 0.25) is 0 Å². The zero-order valence-corrected chi connectivity index (χ0v) is 32.7. The smallest absolute Gasteiger partial charge is 0.145 e. The van der Waals surface area contributed by atoms with Crippen LogP contribution in [-0.2, 0) is 5.41 Å². The van der Waals surface area contributed by atoms with Crippen LogP contribution in [0.2, 0.25) is 0 Å². The summed E-state index contributed by atoms with van der Waals surface area (Å²) in [6.07, 6.45) is 0. The summed E-state index contributed by atoms with van der Waals surface area (Å²) in [5, 5.41) is 3.55. The summed E-state index contributed by atoms with van der Waals surface area (Å²) in [4.78, 5) is 10.5. The fraction of sp³-hybridized carbons (Fsp3) is 0.0175. The average Bonchev–Trinajstić information content (AvgIpc) is 3.87. The third-order valence-corrected chi connectivity index (χ3v) is 12.5. The van der Waals surface area contributed by atoms with Crippen molar-refractivity contribution in [3.8, 4) is 50.6 Å². The Balaban J connectivity index is 1.04. The molecule has 60 heavy (non-hydrogen) atoms. The first kappa shape index (κ1) is 34.2. The standard InChI is InChI=1S/C57H37N3/c1-4-17-39(18-5-1)56-59-51-29-14-15-30-52(51)60(56)44-33-31-38(32-34-44)40-19-16-20-41(37-40)55-47-35-36-49-54(53(47)46-26-11-13-28-50(46)58-55)45-25-10-12-27-48(45)57(49,42-21-6-2-7-22-42)43-23-8-3-9-24-43/h1-37H. The van der Waals surface area contributed by atoms with Gasteiger partial charge in [0.25, 0.3) is 0 Å². The lowest BCUT2D eigenvalue weighted by Crippen LogP contribution is -2.28. The maximum absolute atomic E-state index is 5.45. The molecule has 0 spiro atoms. The van der Waals surface area contributed by atoms with Gasteiger partial charge in [-0.3, -0.25) is 4.57 Å². The highest BCUT2D eigenvalue weighted by Crippen LogP contribution is 2.58. The van der Waals surface area contributed by atoms with Crippen molar-refractivity contribution in [2.24, 2.45) is 0 Å². The van der Waals surface area contributed by atoms with Crippen LogP contribution in [-0.4, -0.2) is 14.5 Å². The molecule has 0 unspecified atom stereocenters. The molecule has 0 fully saturated rings. The first-order chi connectivity index (χ1) is 29.8. The number of hydrogen-bond acceptors (Lipinski definition) is 2. The second kappa shape index (κ2) is 13.6. The number of imidazole rings is 1. The van der Waals surface area contributed by atoms with Crippen LogP contribution in [0.15, 0.2) is 224 Å². The Bertz CT molecular complexity index is 3360. The predicted molar refractivity (Wildman–Crippen MR) is 247 cm³/mol. The minimum Gasteiger partial charge on any atom is -0.292 e. The van der Waals surface area contributed by atoms with Crippen LogP contribution in [0.3, 0.4) is 0 Å². The molecule has 2 aromatic heterocycles. The van der Waals surface area contributed by atoms with E-state index in [0.717, 1.165) is 66.8 Å². The third kappa shape index (κ3) is 5.09. The van der Waals surface area contributed by atoms with E-state index in [1.807, 2.05) is 12.1 Å². The lowest BCUT2D eigenvalue weighted by Gasteiger charge is -2.34. The van der Waals surface area contributed by atoms with Crippen molar-refractivity contribution in [1.82, 2.24) is 14.5 Å². The van der Waals surface area contributed by atoms with E-state index < -0.39 is 5.41 Å². The number of pyridine rings is 1. The van der Waals surface area contributed by atoms with Gasteiger partial charge in [-0.25, -0.2) is 9.97 Å². The van der Waals surface area contributed by atoms with Crippen LogP contribution in [0.5, 0.6) is 0 Å². The summed E-state index contributed by atoms with van der Waals surface area (Å²) < 4.78 is 2.26. The van der Waals surface area contributed by atoms with E-state index in [9.17, 15) is 0 Å². The largest absolute Gasteiger partial charge is 0.292 e. The zero-order chi connectivity index (χ0) is 39.6. The molecule has 3 nitrogen and oxygen atoms in total. The van der Waals surface area contributed by atoms with Gasteiger partial charge >= 0.3 is 0 Å². The zero-order valence-electron chi connectivity index (χ0n) is 32.7. The van der Waals surface area contributed by atoms with Crippen LogP contribution < -0.4 is 0 Å². The minimum absolute atomic E-state index is 0.482. The van der Waals surface area contributed by atoms with Gasteiger partial charge in [-0.15, -0.1) is 0 Å². The Morgan fingerprint density at radius 1 is 0.383 bits per heavy atom. The molecule has 11 aromatic rings. The van der Waals surface area contributed by atoms with E-state index in [0.29, 0.717) is 0 Å². The number of aromatic nitrogens is 3. The van der Waals surface area contributed by atoms with Crippen molar-refractivity contribution in [3.63, 3.8) is 0 Å². The van der Waals surface area contributed by atoms with Crippen LogP contribution in [0, 0.1) is 0 Å². The number of nitrogens with zero attached hydrogens (tertiary/aromatic N) is 3. The molecule has 9 aromatic carbocycles. The first-order valence-corrected chi connectivity index (χ1v) is 20.6. The topological polar surface area (TPSA) is 30.7 Å². The van der Waals surface area contributed by atoms with E-state index in [-0.39, 0.29) is 0 Å². The van der Waals surface area contributed by atoms with E-state index in [4.69, 9.17) is 9.97 Å². The second-order valence-corrected chi connectivity index (χ2v) is 15.7. The fourth-order valence-electron chi connectivity index (χ4n) is 9.91. The maximum Gasteiger partial charge on any atom is 0.145 e. The second-order valence-electron chi connectivity index (χ2n) is 15.7. The molecule has 0 saturated heterocycles. The molecular weight excluding hydrogens is 727 g/mol. The van der Waals surface area contributed by atoms with Crippen molar-refractivity contribution in [2.75, 3.05) is 0 Å². The summed E-state index contributed by atoms with van der Waals surface area (Å²) in [6.45, 7) is 0. The highest BCUT2D eigenvalue weighted by Gasteiger charge is 2.46. The van der Waals surface area contributed by atoms with Gasteiger partial charge in [0.1, 0.15) is 5.82 Å². The summed E-state index contributed by atoms with van der Waals surface area (Å²) >= 11 is 0. The number of fused-ring (bicyclic) bond motifs is 8. The maximum atomic E-state index is 5.45. The molecule has 280 valence electrons. The minimum atomic E-state index is -0.482. The van der Waals surface area contributed by atoms with Gasteiger partial charge in [-0.05, 0) is 80.9 Å². The molecule has 0 N–H and O–H groups in total. The van der Waals surface area contributed by atoms with Crippen LogP contribution in [0.4, 0.5) is 0 Å². The Morgan fingerprint density at radius 2 is 1.00 bits per heavy atom. The highest BCUT2D eigenvalue weighted by atomic mass is 15.1. The molecule has 0 amide bonds. The molecule has 2 heterocycles. The first-order valence-electron chi connectivity index (χ1n) is 20.6. The van der Waals surface area contributed by atoms with Gasteiger partial charge in [0.05, 0.1) is 27.7 Å². The molecule has 12 rings (SSSR count).